The third-order valence-corrected chi connectivity index (χ3v) is 5.33. The lowest BCUT2D eigenvalue weighted by Gasteiger charge is -2.32. The maximum Gasteiger partial charge on any atom is 0.308 e. The Hall–Kier alpha value is -2.12. The number of carbonyl (C=O) groups excluding carboxylic acids is 3. The molecule has 2 N–H and O–H groups in total. The summed E-state index contributed by atoms with van der Waals surface area (Å²) < 4.78 is 0. The van der Waals surface area contributed by atoms with Gasteiger partial charge in [0.05, 0.1) is 12.5 Å². The number of carboxylic acids is 1. The van der Waals surface area contributed by atoms with E-state index in [1.165, 1.54) is 16.8 Å². The Morgan fingerprint density at radius 2 is 1.73 bits per heavy atom. The summed E-state index contributed by atoms with van der Waals surface area (Å²) >= 11 is 0. The zero-order valence-corrected chi connectivity index (χ0v) is 15.6. The van der Waals surface area contributed by atoms with E-state index in [4.69, 9.17) is 5.11 Å². The van der Waals surface area contributed by atoms with E-state index in [1.54, 1.807) is 6.92 Å². The van der Waals surface area contributed by atoms with E-state index < -0.39 is 17.9 Å². The van der Waals surface area contributed by atoms with E-state index in [2.05, 4.69) is 5.32 Å². The number of carbonyl (C=O) groups is 4. The first kappa shape index (κ1) is 20.2. The van der Waals surface area contributed by atoms with Gasteiger partial charge in [0.25, 0.3) is 0 Å². The minimum absolute atomic E-state index is 0.0153. The Bertz CT molecular complexity index is 559. The van der Waals surface area contributed by atoms with Crippen LogP contribution in [0, 0.1) is 11.8 Å². The Morgan fingerprint density at radius 3 is 2.35 bits per heavy atom. The third-order valence-electron chi connectivity index (χ3n) is 5.33. The molecule has 3 amide bonds. The van der Waals surface area contributed by atoms with Crippen molar-refractivity contribution >= 4 is 23.7 Å². The van der Waals surface area contributed by atoms with Crippen LogP contribution in [0.2, 0.25) is 0 Å². The minimum Gasteiger partial charge on any atom is -0.481 e. The molecule has 26 heavy (non-hydrogen) atoms. The van der Waals surface area contributed by atoms with Gasteiger partial charge in [-0.1, -0.05) is 12.8 Å². The van der Waals surface area contributed by atoms with E-state index in [-0.39, 0.29) is 36.7 Å². The number of hydrogen-bond acceptors (Lipinski definition) is 4. The van der Waals surface area contributed by atoms with Crippen molar-refractivity contribution in [3.05, 3.63) is 0 Å². The summed E-state index contributed by atoms with van der Waals surface area (Å²) in [5, 5.41) is 11.9. The van der Waals surface area contributed by atoms with Crippen molar-refractivity contribution in [2.75, 3.05) is 26.7 Å². The van der Waals surface area contributed by atoms with E-state index in [1.807, 2.05) is 0 Å². The van der Waals surface area contributed by atoms with Gasteiger partial charge >= 0.3 is 5.97 Å². The van der Waals surface area contributed by atoms with Gasteiger partial charge in [-0.15, -0.1) is 0 Å². The van der Waals surface area contributed by atoms with Gasteiger partial charge in [0.1, 0.15) is 6.04 Å². The molecular formula is C18H29N3O5. The quantitative estimate of drug-likeness (QED) is 0.709. The first-order chi connectivity index (χ1) is 12.3. The maximum atomic E-state index is 12.4. The standard InChI is InChI=1S/C18H29N3O5/c1-12(19-16(23)13-6-3-4-7-13)17(24)20(2)11-15(22)21-9-5-8-14(10-21)18(25)26/h12-14H,3-11H2,1-2H3,(H,19,23)(H,25,26). The van der Waals surface area contributed by atoms with Crippen molar-refractivity contribution in [2.45, 2.75) is 51.5 Å². The largest absolute Gasteiger partial charge is 0.481 e. The van der Waals surface area contributed by atoms with Gasteiger partial charge in [-0.3, -0.25) is 19.2 Å². The molecule has 1 aliphatic carbocycles. The lowest BCUT2D eigenvalue weighted by molar-refractivity contribution is -0.147. The second-order valence-electron chi connectivity index (χ2n) is 7.42. The number of likely N-dealkylation sites (N-methyl/N-ethyl adjacent to an activating group) is 1. The summed E-state index contributed by atoms with van der Waals surface area (Å²) in [6.45, 7) is 2.20. The van der Waals surface area contributed by atoms with Gasteiger partial charge in [0, 0.05) is 26.1 Å². The van der Waals surface area contributed by atoms with Crippen molar-refractivity contribution in [3.8, 4) is 0 Å². The van der Waals surface area contributed by atoms with Crippen LogP contribution in [0.5, 0.6) is 0 Å². The summed E-state index contributed by atoms with van der Waals surface area (Å²) in [6, 6.07) is -0.686. The van der Waals surface area contributed by atoms with Gasteiger partial charge in [0.2, 0.25) is 17.7 Å². The Labute approximate surface area is 153 Å². The molecule has 1 saturated carbocycles. The monoisotopic (exact) mass is 367 g/mol. The fraction of sp³-hybridized carbons (Fsp3) is 0.778. The Kier molecular flexibility index (Phi) is 6.99. The first-order valence-electron chi connectivity index (χ1n) is 9.35. The van der Waals surface area contributed by atoms with Gasteiger partial charge in [-0.05, 0) is 32.6 Å². The molecule has 2 fully saturated rings. The third kappa shape index (κ3) is 5.19. The molecule has 0 spiro atoms. The predicted molar refractivity (Wildman–Crippen MR) is 94.1 cm³/mol. The first-order valence-corrected chi connectivity index (χ1v) is 9.35. The molecular weight excluding hydrogens is 338 g/mol. The van der Waals surface area contributed by atoms with Gasteiger partial charge < -0.3 is 20.2 Å². The minimum atomic E-state index is -0.893. The van der Waals surface area contributed by atoms with Crippen molar-refractivity contribution in [2.24, 2.45) is 11.8 Å². The molecule has 8 heteroatoms. The zero-order valence-electron chi connectivity index (χ0n) is 15.6. The van der Waals surface area contributed by atoms with E-state index in [0.29, 0.717) is 19.4 Å². The van der Waals surface area contributed by atoms with Gasteiger partial charge in [-0.2, -0.15) is 0 Å². The van der Waals surface area contributed by atoms with Crippen LogP contribution in [-0.2, 0) is 19.2 Å². The molecule has 0 bridgehead atoms. The lowest BCUT2D eigenvalue weighted by Crippen LogP contribution is -2.51. The predicted octanol–water partition coefficient (Wildman–Crippen LogP) is 0.463. The van der Waals surface area contributed by atoms with Crippen LogP contribution in [0.1, 0.15) is 45.4 Å². The number of piperidine rings is 1. The highest BCUT2D eigenvalue weighted by Crippen LogP contribution is 2.24. The highest BCUT2D eigenvalue weighted by Gasteiger charge is 2.30. The second-order valence-corrected chi connectivity index (χ2v) is 7.42. The van der Waals surface area contributed by atoms with Crippen LogP contribution < -0.4 is 5.32 Å². The smallest absolute Gasteiger partial charge is 0.308 e. The van der Waals surface area contributed by atoms with Crippen molar-refractivity contribution in [1.82, 2.24) is 15.1 Å². The number of aliphatic carboxylic acids is 1. The number of nitrogens with one attached hydrogen (secondary N) is 1. The number of nitrogens with zero attached hydrogens (tertiary/aromatic N) is 2. The highest BCUT2D eigenvalue weighted by atomic mass is 16.4. The van der Waals surface area contributed by atoms with E-state index >= 15 is 0 Å². The molecule has 0 aromatic carbocycles. The number of amides is 3. The van der Waals surface area contributed by atoms with Gasteiger partial charge in [0.15, 0.2) is 0 Å². The fourth-order valence-electron chi connectivity index (χ4n) is 3.70. The molecule has 0 aromatic rings. The number of carboxylic acid groups (broad SMARTS) is 1. The second kappa shape index (κ2) is 9.00. The SMILES string of the molecule is CC(NC(=O)C1CCCC1)C(=O)N(C)CC(=O)N1CCCC(C(=O)O)C1. The molecule has 1 aliphatic heterocycles. The van der Waals surface area contributed by atoms with Crippen LogP contribution >= 0.6 is 0 Å². The van der Waals surface area contributed by atoms with E-state index in [0.717, 1.165) is 25.7 Å². The fourth-order valence-corrected chi connectivity index (χ4v) is 3.70. The molecule has 2 atom stereocenters. The lowest BCUT2D eigenvalue weighted by atomic mass is 9.98. The normalized spacial score (nSPS) is 21.9. The number of rotatable bonds is 6. The van der Waals surface area contributed by atoms with Crippen molar-refractivity contribution in [1.29, 1.82) is 0 Å². The molecule has 0 radical (unpaired) electrons. The summed E-state index contributed by atoms with van der Waals surface area (Å²) in [5.74, 6) is -2.13. The topological polar surface area (TPSA) is 107 Å². The van der Waals surface area contributed by atoms with Crippen molar-refractivity contribution < 1.29 is 24.3 Å². The summed E-state index contributed by atoms with van der Waals surface area (Å²) in [4.78, 5) is 50.9. The van der Waals surface area contributed by atoms with Crippen LogP contribution in [0.15, 0.2) is 0 Å². The van der Waals surface area contributed by atoms with Gasteiger partial charge in [-0.25, -0.2) is 0 Å². The van der Waals surface area contributed by atoms with Crippen LogP contribution in [0.3, 0.4) is 0 Å². The summed E-state index contributed by atoms with van der Waals surface area (Å²) in [5.41, 5.74) is 0. The molecule has 1 saturated heterocycles. The highest BCUT2D eigenvalue weighted by molar-refractivity contribution is 5.90. The molecule has 2 aliphatic rings. The summed E-state index contributed by atoms with van der Waals surface area (Å²) in [6.07, 6.45) is 5.03. The molecule has 0 aromatic heterocycles. The Balaban J connectivity index is 1.82. The number of hydrogen-bond donors (Lipinski definition) is 2. The van der Waals surface area contributed by atoms with Crippen LogP contribution in [-0.4, -0.2) is 71.3 Å². The average molecular weight is 367 g/mol. The Morgan fingerprint density at radius 1 is 1.12 bits per heavy atom. The average Bonchev–Trinajstić information content (AvgIpc) is 3.15. The maximum absolute atomic E-state index is 12.4. The molecule has 1 heterocycles. The zero-order chi connectivity index (χ0) is 19.3. The molecule has 8 nitrogen and oxygen atoms in total. The molecule has 2 rings (SSSR count). The molecule has 2 unspecified atom stereocenters. The van der Waals surface area contributed by atoms with Crippen molar-refractivity contribution in [3.63, 3.8) is 0 Å². The number of likely N-dealkylation sites (tertiary alicyclic amines) is 1. The van der Waals surface area contributed by atoms with Crippen LogP contribution in [0.4, 0.5) is 0 Å². The summed E-state index contributed by atoms with van der Waals surface area (Å²) in [7, 11) is 1.52. The molecule has 146 valence electrons. The van der Waals surface area contributed by atoms with Crippen LogP contribution in [0.25, 0.3) is 0 Å². The van der Waals surface area contributed by atoms with E-state index in [9.17, 15) is 19.2 Å².